The lowest BCUT2D eigenvalue weighted by Crippen LogP contribution is -2.26. The first kappa shape index (κ1) is 11.7. The lowest BCUT2D eigenvalue weighted by molar-refractivity contribution is 0.313. The molecule has 0 bridgehead atoms. The second-order valence-electron chi connectivity index (χ2n) is 5.61. The van der Waals surface area contributed by atoms with Crippen LogP contribution in [0.5, 0.6) is 0 Å². The van der Waals surface area contributed by atoms with Crippen molar-refractivity contribution in [3.05, 3.63) is 53.9 Å². The van der Waals surface area contributed by atoms with Crippen LogP contribution in [0.4, 0.5) is 0 Å². The number of benzene rings is 1. The Labute approximate surface area is 118 Å². The van der Waals surface area contributed by atoms with Crippen LogP contribution in [0.15, 0.2) is 42.7 Å². The fourth-order valence-electron chi connectivity index (χ4n) is 2.98. The summed E-state index contributed by atoms with van der Waals surface area (Å²) in [6, 6.07) is 11.1. The van der Waals surface area contributed by atoms with Crippen LogP contribution in [-0.4, -0.2) is 28.5 Å². The van der Waals surface area contributed by atoms with Gasteiger partial charge in [-0.3, -0.25) is 0 Å². The highest BCUT2D eigenvalue weighted by Crippen LogP contribution is 2.27. The molecule has 0 radical (unpaired) electrons. The van der Waals surface area contributed by atoms with Crippen molar-refractivity contribution in [3.8, 4) is 11.1 Å². The average molecular weight is 263 g/mol. The van der Waals surface area contributed by atoms with Gasteiger partial charge in [-0.2, -0.15) is 0 Å². The highest BCUT2D eigenvalue weighted by molar-refractivity contribution is 5.81. The quantitative estimate of drug-likeness (QED) is 0.731. The zero-order chi connectivity index (χ0) is 13.5. The number of hydrogen-bond acceptors (Lipinski definition) is 2. The van der Waals surface area contributed by atoms with E-state index in [1.807, 2.05) is 12.4 Å². The van der Waals surface area contributed by atoms with Gasteiger partial charge < -0.3 is 9.88 Å². The summed E-state index contributed by atoms with van der Waals surface area (Å²) < 4.78 is 0. The molecule has 4 rings (SSSR count). The third-order valence-electron chi connectivity index (χ3n) is 4.14. The first-order valence-corrected chi connectivity index (χ1v) is 7.03. The van der Waals surface area contributed by atoms with Crippen LogP contribution in [0.3, 0.4) is 0 Å². The van der Waals surface area contributed by atoms with Crippen LogP contribution >= 0.6 is 0 Å². The summed E-state index contributed by atoms with van der Waals surface area (Å²) in [5.74, 6) is 0. The van der Waals surface area contributed by atoms with Crippen molar-refractivity contribution >= 4 is 11.0 Å². The standard InChI is InChI=1S/C17H17N3/c1-20-7-5-12-2-3-13(8-16(12)11-20)15-9-14-4-6-18-17(14)19-10-15/h2-4,6,8-10H,5,7,11H2,1H3,(H,18,19). The number of hydrogen-bond donors (Lipinski definition) is 1. The molecule has 0 spiro atoms. The number of pyridine rings is 1. The van der Waals surface area contributed by atoms with Crippen LogP contribution in [0.1, 0.15) is 11.1 Å². The van der Waals surface area contributed by atoms with Gasteiger partial charge in [-0.25, -0.2) is 4.98 Å². The SMILES string of the molecule is CN1CCc2ccc(-c3cnc4[nH]ccc4c3)cc2C1. The Balaban J connectivity index is 1.79. The molecular weight excluding hydrogens is 246 g/mol. The molecular formula is C17H17N3. The molecule has 100 valence electrons. The molecule has 20 heavy (non-hydrogen) atoms. The maximum Gasteiger partial charge on any atom is 0.137 e. The molecule has 0 unspecified atom stereocenters. The number of aromatic amines is 1. The minimum absolute atomic E-state index is 0.950. The van der Waals surface area contributed by atoms with E-state index in [0.717, 1.165) is 30.5 Å². The summed E-state index contributed by atoms with van der Waals surface area (Å²) in [5.41, 5.74) is 6.34. The maximum absolute atomic E-state index is 4.48. The topological polar surface area (TPSA) is 31.9 Å². The predicted octanol–water partition coefficient (Wildman–Crippen LogP) is 3.22. The van der Waals surface area contributed by atoms with Gasteiger partial charge in [0.15, 0.2) is 0 Å². The van der Waals surface area contributed by atoms with E-state index in [2.05, 4.69) is 52.2 Å². The van der Waals surface area contributed by atoms with Crippen LogP contribution in [0, 0.1) is 0 Å². The summed E-state index contributed by atoms with van der Waals surface area (Å²) in [7, 11) is 2.18. The van der Waals surface area contributed by atoms with E-state index in [-0.39, 0.29) is 0 Å². The van der Waals surface area contributed by atoms with Crippen molar-refractivity contribution in [3.63, 3.8) is 0 Å². The second-order valence-corrected chi connectivity index (χ2v) is 5.61. The Morgan fingerprint density at radius 2 is 2.05 bits per heavy atom. The molecule has 1 aromatic carbocycles. The smallest absolute Gasteiger partial charge is 0.137 e. The largest absolute Gasteiger partial charge is 0.346 e. The number of H-pyrrole nitrogens is 1. The average Bonchev–Trinajstić information content (AvgIpc) is 2.93. The first-order valence-electron chi connectivity index (χ1n) is 7.03. The number of aromatic nitrogens is 2. The fourth-order valence-corrected chi connectivity index (χ4v) is 2.98. The van der Waals surface area contributed by atoms with Gasteiger partial charge in [0.1, 0.15) is 5.65 Å². The number of nitrogens with one attached hydrogen (secondary N) is 1. The van der Waals surface area contributed by atoms with Gasteiger partial charge in [0.25, 0.3) is 0 Å². The summed E-state index contributed by atoms with van der Waals surface area (Å²) in [6.07, 6.45) is 5.04. The maximum atomic E-state index is 4.48. The van der Waals surface area contributed by atoms with E-state index in [0.29, 0.717) is 0 Å². The van der Waals surface area contributed by atoms with E-state index in [4.69, 9.17) is 0 Å². The van der Waals surface area contributed by atoms with E-state index < -0.39 is 0 Å². The molecule has 1 aliphatic rings. The molecule has 3 heterocycles. The van der Waals surface area contributed by atoms with Gasteiger partial charge in [0, 0.05) is 36.4 Å². The summed E-state index contributed by atoms with van der Waals surface area (Å²) >= 11 is 0. The van der Waals surface area contributed by atoms with E-state index in [1.54, 1.807) is 0 Å². The highest BCUT2D eigenvalue weighted by atomic mass is 15.1. The summed E-state index contributed by atoms with van der Waals surface area (Å²) in [6.45, 7) is 2.20. The predicted molar refractivity (Wildman–Crippen MR) is 81.6 cm³/mol. The van der Waals surface area contributed by atoms with E-state index >= 15 is 0 Å². The summed E-state index contributed by atoms with van der Waals surface area (Å²) in [5, 5.41) is 1.16. The minimum Gasteiger partial charge on any atom is -0.346 e. The Morgan fingerprint density at radius 3 is 3.00 bits per heavy atom. The van der Waals surface area contributed by atoms with Crippen molar-refractivity contribution in [1.29, 1.82) is 0 Å². The van der Waals surface area contributed by atoms with Gasteiger partial charge in [-0.05, 0) is 48.4 Å². The molecule has 0 saturated carbocycles. The lowest BCUT2D eigenvalue weighted by atomic mass is 9.95. The second kappa shape index (κ2) is 4.46. The van der Waals surface area contributed by atoms with Crippen molar-refractivity contribution < 1.29 is 0 Å². The Morgan fingerprint density at radius 1 is 1.10 bits per heavy atom. The van der Waals surface area contributed by atoms with Gasteiger partial charge in [0.2, 0.25) is 0 Å². The Bertz CT molecular complexity index is 773. The number of fused-ring (bicyclic) bond motifs is 2. The van der Waals surface area contributed by atoms with Crippen molar-refractivity contribution in [2.75, 3.05) is 13.6 Å². The lowest BCUT2D eigenvalue weighted by Gasteiger charge is -2.25. The molecule has 0 amide bonds. The third kappa shape index (κ3) is 1.91. The van der Waals surface area contributed by atoms with Crippen molar-refractivity contribution in [2.24, 2.45) is 0 Å². The van der Waals surface area contributed by atoms with Crippen LogP contribution in [0.25, 0.3) is 22.2 Å². The van der Waals surface area contributed by atoms with E-state index in [9.17, 15) is 0 Å². The zero-order valence-electron chi connectivity index (χ0n) is 11.6. The summed E-state index contributed by atoms with van der Waals surface area (Å²) in [4.78, 5) is 9.99. The highest BCUT2D eigenvalue weighted by Gasteiger charge is 2.13. The van der Waals surface area contributed by atoms with Crippen LogP contribution in [-0.2, 0) is 13.0 Å². The third-order valence-corrected chi connectivity index (χ3v) is 4.14. The molecule has 0 aliphatic carbocycles. The molecule has 3 nitrogen and oxygen atoms in total. The molecule has 1 aliphatic heterocycles. The van der Waals surface area contributed by atoms with Gasteiger partial charge >= 0.3 is 0 Å². The Kier molecular flexibility index (Phi) is 2.60. The number of likely N-dealkylation sites (N-methyl/N-ethyl adjacent to an activating group) is 1. The first-order chi connectivity index (χ1) is 9.79. The molecule has 0 saturated heterocycles. The molecule has 3 aromatic rings. The number of rotatable bonds is 1. The van der Waals surface area contributed by atoms with Crippen molar-refractivity contribution in [2.45, 2.75) is 13.0 Å². The molecule has 2 aromatic heterocycles. The van der Waals surface area contributed by atoms with E-state index in [1.165, 1.54) is 22.3 Å². The van der Waals surface area contributed by atoms with Crippen LogP contribution in [0.2, 0.25) is 0 Å². The van der Waals surface area contributed by atoms with Crippen LogP contribution < -0.4 is 0 Å². The molecule has 0 atom stereocenters. The normalized spacial score (nSPS) is 15.4. The minimum atomic E-state index is 0.950. The Hall–Kier alpha value is -2.13. The monoisotopic (exact) mass is 263 g/mol. The molecule has 3 heteroatoms. The zero-order valence-corrected chi connectivity index (χ0v) is 11.6. The van der Waals surface area contributed by atoms with Gasteiger partial charge in [-0.1, -0.05) is 12.1 Å². The number of nitrogens with zero attached hydrogens (tertiary/aromatic N) is 2. The van der Waals surface area contributed by atoms with Crippen molar-refractivity contribution in [1.82, 2.24) is 14.9 Å². The fraction of sp³-hybridized carbons (Fsp3) is 0.235. The van der Waals surface area contributed by atoms with Gasteiger partial charge in [0.05, 0.1) is 0 Å². The molecule has 0 fully saturated rings. The molecule has 1 N–H and O–H groups in total. The van der Waals surface area contributed by atoms with Gasteiger partial charge in [-0.15, -0.1) is 0 Å².